The monoisotopic (exact) mass is 222 g/mol. The summed E-state index contributed by atoms with van der Waals surface area (Å²) in [5.41, 5.74) is 0.770. The van der Waals surface area contributed by atoms with Crippen molar-refractivity contribution in [2.24, 2.45) is 28.6 Å². The molecule has 4 fully saturated rings. The molecule has 4 rings (SSSR count). The second-order valence-corrected chi connectivity index (χ2v) is 7.92. The molecule has 4 aliphatic rings. The molecule has 1 nitrogen and oxygen atoms in total. The van der Waals surface area contributed by atoms with E-state index in [0.29, 0.717) is 12.0 Å². The maximum absolute atomic E-state index is 9.50. The standard InChI is InChI=1S/C15H26O/c1-14(2,10-16)9-15-6-11-3-12(7-15)5-13(4-11)8-15/h11-13,16H,3-10H2,1-2H3. The maximum atomic E-state index is 9.50. The van der Waals surface area contributed by atoms with Crippen LogP contribution in [0.25, 0.3) is 0 Å². The predicted molar refractivity (Wildman–Crippen MR) is 66.1 cm³/mol. The number of hydrogen-bond donors (Lipinski definition) is 1. The first-order valence-corrected chi connectivity index (χ1v) is 7.11. The van der Waals surface area contributed by atoms with E-state index in [1.54, 1.807) is 0 Å². The van der Waals surface area contributed by atoms with Gasteiger partial charge in [-0.25, -0.2) is 0 Å². The lowest BCUT2D eigenvalue weighted by molar-refractivity contribution is -0.0800. The van der Waals surface area contributed by atoms with Gasteiger partial charge in [0.15, 0.2) is 0 Å². The first-order chi connectivity index (χ1) is 7.50. The highest BCUT2D eigenvalue weighted by Gasteiger charge is 2.51. The van der Waals surface area contributed by atoms with Crippen LogP contribution in [0.1, 0.15) is 58.8 Å². The minimum absolute atomic E-state index is 0.145. The Kier molecular flexibility index (Phi) is 2.41. The van der Waals surface area contributed by atoms with Crippen LogP contribution in [0.15, 0.2) is 0 Å². The van der Waals surface area contributed by atoms with Crippen LogP contribution in [-0.2, 0) is 0 Å². The fraction of sp³-hybridized carbons (Fsp3) is 1.00. The molecule has 0 radical (unpaired) electrons. The van der Waals surface area contributed by atoms with Gasteiger partial charge in [0.25, 0.3) is 0 Å². The summed E-state index contributed by atoms with van der Waals surface area (Å²) in [4.78, 5) is 0. The lowest BCUT2D eigenvalue weighted by Crippen LogP contribution is -2.48. The molecule has 0 heterocycles. The molecule has 0 spiro atoms. The van der Waals surface area contributed by atoms with Gasteiger partial charge in [-0.3, -0.25) is 0 Å². The number of rotatable bonds is 3. The Balaban J connectivity index is 1.78. The van der Waals surface area contributed by atoms with Gasteiger partial charge in [-0.15, -0.1) is 0 Å². The molecule has 1 heteroatoms. The fourth-order valence-corrected chi connectivity index (χ4v) is 5.58. The minimum atomic E-state index is 0.145. The summed E-state index contributed by atoms with van der Waals surface area (Å²) in [5.74, 6) is 3.13. The summed E-state index contributed by atoms with van der Waals surface area (Å²) in [6.07, 6.45) is 10.3. The van der Waals surface area contributed by atoms with Gasteiger partial charge in [-0.05, 0) is 73.5 Å². The predicted octanol–water partition coefficient (Wildman–Crippen LogP) is 3.61. The van der Waals surface area contributed by atoms with Gasteiger partial charge in [-0.2, -0.15) is 0 Å². The highest BCUT2D eigenvalue weighted by molar-refractivity contribution is 5.02. The molecule has 0 amide bonds. The van der Waals surface area contributed by atoms with E-state index >= 15 is 0 Å². The molecule has 0 aromatic heterocycles. The van der Waals surface area contributed by atoms with Crippen LogP contribution in [0, 0.1) is 28.6 Å². The summed E-state index contributed by atoms with van der Waals surface area (Å²) >= 11 is 0. The average molecular weight is 222 g/mol. The molecule has 0 aromatic carbocycles. The molecule has 4 aliphatic carbocycles. The topological polar surface area (TPSA) is 20.2 Å². The highest BCUT2D eigenvalue weighted by Crippen LogP contribution is 2.62. The van der Waals surface area contributed by atoms with Crippen molar-refractivity contribution in [2.45, 2.75) is 58.8 Å². The fourth-order valence-electron chi connectivity index (χ4n) is 5.58. The van der Waals surface area contributed by atoms with E-state index in [0.717, 1.165) is 17.8 Å². The Labute approximate surface area is 99.6 Å². The molecular weight excluding hydrogens is 196 g/mol. The molecule has 0 saturated heterocycles. The van der Waals surface area contributed by atoms with Crippen LogP contribution in [0.4, 0.5) is 0 Å². The zero-order valence-corrected chi connectivity index (χ0v) is 10.8. The minimum Gasteiger partial charge on any atom is -0.396 e. The Morgan fingerprint density at radius 2 is 1.44 bits per heavy atom. The van der Waals surface area contributed by atoms with E-state index in [4.69, 9.17) is 0 Å². The van der Waals surface area contributed by atoms with Gasteiger partial charge in [0.1, 0.15) is 0 Å². The molecule has 4 bridgehead atoms. The average Bonchev–Trinajstić information content (AvgIpc) is 2.13. The van der Waals surface area contributed by atoms with Gasteiger partial charge in [0, 0.05) is 6.61 Å². The molecule has 0 atom stereocenters. The van der Waals surface area contributed by atoms with E-state index in [9.17, 15) is 5.11 Å². The summed E-state index contributed by atoms with van der Waals surface area (Å²) in [7, 11) is 0. The number of hydrogen-bond acceptors (Lipinski definition) is 1. The highest BCUT2D eigenvalue weighted by atomic mass is 16.3. The zero-order valence-electron chi connectivity index (χ0n) is 10.8. The first kappa shape index (κ1) is 11.1. The molecule has 92 valence electrons. The molecule has 1 N–H and O–H groups in total. The van der Waals surface area contributed by atoms with E-state index in [-0.39, 0.29) is 5.41 Å². The summed E-state index contributed by atoms with van der Waals surface area (Å²) in [5, 5.41) is 9.50. The van der Waals surface area contributed by atoms with Gasteiger partial charge in [-0.1, -0.05) is 13.8 Å². The van der Waals surface area contributed by atoms with Crippen LogP contribution < -0.4 is 0 Å². The van der Waals surface area contributed by atoms with Crippen molar-refractivity contribution < 1.29 is 5.11 Å². The van der Waals surface area contributed by atoms with Crippen LogP contribution >= 0.6 is 0 Å². The van der Waals surface area contributed by atoms with Crippen LogP contribution in [0.3, 0.4) is 0 Å². The third kappa shape index (κ3) is 1.81. The van der Waals surface area contributed by atoms with E-state index < -0.39 is 0 Å². The Morgan fingerprint density at radius 1 is 1.00 bits per heavy atom. The van der Waals surface area contributed by atoms with Crippen molar-refractivity contribution in [3.05, 3.63) is 0 Å². The second-order valence-electron chi connectivity index (χ2n) is 7.92. The van der Waals surface area contributed by atoms with E-state index in [2.05, 4.69) is 13.8 Å². The van der Waals surface area contributed by atoms with Crippen molar-refractivity contribution >= 4 is 0 Å². The van der Waals surface area contributed by atoms with Crippen LogP contribution in [-0.4, -0.2) is 11.7 Å². The van der Waals surface area contributed by atoms with Crippen LogP contribution in [0.5, 0.6) is 0 Å². The SMILES string of the molecule is CC(C)(CO)CC12CC3CC(CC(C3)C1)C2. The normalized spacial score (nSPS) is 46.3. The van der Waals surface area contributed by atoms with Gasteiger partial charge >= 0.3 is 0 Å². The second kappa shape index (κ2) is 3.48. The van der Waals surface area contributed by atoms with Crippen molar-refractivity contribution in [3.8, 4) is 0 Å². The lowest BCUT2D eigenvalue weighted by Gasteiger charge is -2.58. The van der Waals surface area contributed by atoms with Crippen molar-refractivity contribution in [1.29, 1.82) is 0 Å². The maximum Gasteiger partial charge on any atom is 0.0482 e. The van der Waals surface area contributed by atoms with Gasteiger partial charge in [0.05, 0.1) is 0 Å². The third-order valence-corrected chi connectivity index (χ3v) is 5.45. The van der Waals surface area contributed by atoms with Crippen molar-refractivity contribution in [2.75, 3.05) is 6.61 Å². The Bertz CT molecular complexity index is 244. The summed E-state index contributed by atoms with van der Waals surface area (Å²) < 4.78 is 0. The molecular formula is C15H26O. The van der Waals surface area contributed by atoms with Crippen molar-refractivity contribution in [1.82, 2.24) is 0 Å². The van der Waals surface area contributed by atoms with E-state index in [1.807, 2.05) is 0 Å². The zero-order chi connectivity index (χ0) is 11.4. The Hall–Kier alpha value is -0.0400. The van der Waals surface area contributed by atoms with Gasteiger partial charge < -0.3 is 5.11 Å². The van der Waals surface area contributed by atoms with E-state index in [1.165, 1.54) is 44.9 Å². The summed E-state index contributed by atoms with van der Waals surface area (Å²) in [6, 6.07) is 0. The smallest absolute Gasteiger partial charge is 0.0482 e. The quantitative estimate of drug-likeness (QED) is 0.773. The number of aliphatic hydroxyl groups is 1. The molecule has 0 unspecified atom stereocenters. The summed E-state index contributed by atoms with van der Waals surface area (Å²) in [6.45, 7) is 4.84. The third-order valence-electron chi connectivity index (χ3n) is 5.45. The largest absolute Gasteiger partial charge is 0.396 e. The molecule has 16 heavy (non-hydrogen) atoms. The first-order valence-electron chi connectivity index (χ1n) is 7.11. The molecule has 0 aromatic rings. The van der Waals surface area contributed by atoms with Crippen molar-refractivity contribution in [3.63, 3.8) is 0 Å². The molecule has 0 aliphatic heterocycles. The lowest BCUT2D eigenvalue weighted by atomic mass is 9.47. The molecule has 4 saturated carbocycles. The number of aliphatic hydroxyl groups excluding tert-OH is 1. The Morgan fingerprint density at radius 3 is 1.81 bits per heavy atom. The van der Waals surface area contributed by atoms with Crippen LogP contribution in [0.2, 0.25) is 0 Å². The van der Waals surface area contributed by atoms with Gasteiger partial charge in [0.2, 0.25) is 0 Å².